The molecule has 0 radical (unpaired) electrons. The number of ether oxygens (including phenoxy) is 1. The number of hydrogen-bond donors (Lipinski definition) is 2. The number of aliphatic hydroxyl groups is 1. The van der Waals surface area contributed by atoms with Crippen molar-refractivity contribution in [1.82, 2.24) is 10.2 Å². The quantitative estimate of drug-likeness (QED) is 0.416. The summed E-state index contributed by atoms with van der Waals surface area (Å²) < 4.78 is 5.55. The van der Waals surface area contributed by atoms with Gasteiger partial charge in [-0.2, -0.15) is 5.26 Å². The molecule has 0 saturated carbocycles. The molecular weight excluding hydrogens is 246 g/mol. The minimum absolute atomic E-state index is 0.0185. The number of nitrogens with one attached hydrogen (secondary N) is 1. The van der Waals surface area contributed by atoms with Crippen molar-refractivity contribution in [2.45, 2.75) is 32.5 Å². The zero-order chi connectivity index (χ0) is 14.3. The lowest BCUT2D eigenvalue weighted by Crippen LogP contribution is -2.48. The summed E-state index contributed by atoms with van der Waals surface area (Å²) in [6.07, 6.45) is 1.96. The van der Waals surface area contributed by atoms with Gasteiger partial charge in [-0.15, -0.1) is 0 Å². The van der Waals surface area contributed by atoms with E-state index in [-0.39, 0.29) is 30.3 Å². The summed E-state index contributed by atoms with van der Waals surface area (Å²) in [5.41, 5.74) is 0.0826. The van der Waals surface area contributed by atoms with Crippen LogP contribution in [0.1, 0.15) is 20.3 Å². The maximum atomic E-state index is 12.2. The van der Waals surface area contributed by atoms with Crippen molar-refractivity contribution in [2.24, 2.45) is 0 Å². The van der Waals surface area contributed by atoms with E-state index in [0.29, 0.717) is 26.1 Å². The number of hydrogen-bond acceptors (Lipinski definition) is 5. The topological polar surface area (TPSA) is 85.6 Å². The second-order valence-corrected chi connectivity index (χ2v) is 4.67. The highest BCUT2D eigenvalue weighted by Crippen LogP contribution is 2.13. The summed E-state index contributed by atoms with van der Waals surface area (Å²) in [4.78, 5) is 13.8. The van der Waals surface area contributed by atoms with Crippen LogP contribution in [0.4, 0.5) is 0 Å². The Balaban J connectivity index is 2.60. The average Bonchev–Trinajstić information content (AvgIpc) is 2.37. The largest absolute Gasteiger partial charge is 0.396 e. The third-order valence-corrected chi connectivity index (χ3v) is 2.78. The molecule has 0 aromatic rings. The molecule has 6 heteroatoms. The van der Waals surface area contributed by atoms with Crippen LogP contribution < -0.4 is 5.32 Å². The molecule has 1 saturated heterocycles. The van der Waals surface area contributed by atoms with Gasteiger partial charge in [0.1, 0.15) is 11.6 Å². The van der Waals surface area contributed by atoms with Gasteiger partial charge in [0.2, 0.25) is 0 Å². The molecule has 2 unspecified atom stereocenters. The van der Waals surface area contributed by atoms with E-state index in [2.05, 4.69) is 5.32 Å². The first-order chi connectivity index (χ1) is 9.08. The number of carbonyl (C=O) groups is 1. The van der Waals surface area contributed by atoms with Gasteiger partial charge in [0.25, 0.3) is 5.91 Å². The van der Waals surface area contributed by atoms with Gasteiger partial charge >= 0.3 is 0 Å². The molecule has 1 aliphatic heterocycles. The number of aliphatic hydroxyl groups excluding tert-OH is 1. The lowest BCUT2D eigenvalue weighted by Gasteiger charge is -2.35. The van der Waals surface area contributed by atoms with Gasteiger partial charge in [0.05, 0.1) is 12.2 Å². The molecule has 1 amide bonds. The van der Waals surface area contributed by atoms with Crippen LogP contribution in [0.3, 0.4) is 0 Å². The van der Waals surface area contributed by atoms with Gasteiger partial charge in [0, 0.05) is 32.4 Å². The van der Waals surface area contributed by atoms with Crippen LogP contribution in [0.25, 0.3) is 0 Å². The number of morpholine rings is 1. The molecule has 0 aromatic carbocycles. The van der Waals surface area contributed by atoms with Crippen molar-refractivity contribution in [3.05, 3.63) is 11.8 Å². The molecule has 1 heterocycles. The molecule has 0 aromatic heterocycles. The van der Waals surface area contributed by atoms with Gasteiger partial charge in [-0.1, -0.05) is 0 Å². The van der Waals surface area contributed by atoms with Gasteiger partial charge in [-0.25, -0.2) is 0 Å². The van der Waals surface area contributed by atoms with Crippen LogP contribution in [0.2, 0.25) is 0 Å². The first-order valence-corrected chi connectivity index (χ1v) is 6.47. The number of nitriles is 1. The fourth-order valence-electron chi connectivity index (χ4n) is 2.01. The lowest BCUT2D eigenvalue weighted by molar-refractivity contribution is -0.138. The van der Waals surface area contributed by atoms with Crippen LogP contribution in [0, 0.1) is 11.3 Å². The van der Waals surface area contributed by atoms with Gasteiger partial charge in [0.15, 0.2) is 0 Å². The highest BCUT2D eigenvalue weighted by atomic mass is 16.5. The highest BCUT2D eigenvalue weighted by Gasteiger charge is 2.27. The van der Waals surface area contributed by atoms with Crippen LogP contribution in [0.15, 0.2) is 11.8 Å². The lowest BCUT2D eigenvalue weighted by atomic mass is 10.2. The molecule has 2 atom stereocenters. The van der Waals surface area contributed by atoms with E-state index in [0.717, 1.165) is 0 Å². The summed E-state index contributed by atoms with van der Waals surface area (Å²) >= 11 is 0. The molecule has 0 aliphatic carbocycles. The number of carbonyl (C=O) groups excluding carboxylic acids is 1. The molecule has 2 N–H and O–H groups in total. The summed E-state index contributed by atoms with van der Waals surface area (Å²) in [5.74, 6) is -0.277. The Bertz CT molecular complexity index is 366. The van der Waals surface area contributed by atoms with E-state index >= 15 is 0 Å². The Morgan fingerprint density at radius 1 is 1.53 bits per heavy atom. The highest BCUT2D eigenvalue weighted by molar-refractivity contribution is 5.97. The van der Waals surface area contributed by atoms with Crippen LogP contribution in [0.5, 0.6) is 0 Å². The zero-order valence-electron chi connectivity index (χ0n) is 11.4. The monoisotopic (exact) mass is 267 g/mol. The molecule has 1 rings (SSSR count). The molecule has 0 spiro atoms. The smallest absolute Gasteiger partial charge is 0.266 e. The van der Waals surface area contributed by atoms with E-state index in [1.807, 2.05) is 19.9 Å². The Labute approximate surface area is 113 Å². The molecule has 6 nitrogen and oxygen atoms in total. The third-order valence-electron chi connectivity index (χ3n) is 2.78. The van der Waals surface area contributed by atoms with E-state index in [1.165, 1.54) is 6.20 Å². The maximum Gasteiger partial charge on any atom is 0.266 e. The Kier molecular flexibility index (Phi) is 6.33. The van der Waals surface area contributed by atoms with E-state index in [9.17, 15) is 4.79 Å². The second kappa shape index (κ2) is 7.77. The second-order valence-electron chi connectivity index (χ2n) is 4.67. The van der Waals surface area contributed by atoms with Crippen LogP contribution in [-0.4, -0.2) is 54.4 Å². The predicted molar refractivity (Wildman–Crippen MR) is 70.0 cm³/mol. The summed E-state index contributed by atoms with van der Waals surface area (Å²) in [6, 6.07) is 1.91. The van der Waals surface area contributed by atoms with Crippen molar-refractivity contribution in [2.75, 3.05) is 26.2 Å². The fourth-order valence-corrected chi connectivity index (χ4v) is 2.01. The molecule has 19 heavy (non-hydrogen) atoms. The first kappa shape index (κ1) is 15.5. The summed E-state index contributed by atoms with van der Waals surface area (Å²) in [5, 5.41) is 20.5. The Morgan fingerprint density at radius 3 is 2.68 bits per heavy atom. The van der Waals surface area contributed by atoms with Gasteiger partial charge in [-0.3, -0.25) is 4.79 Å². The van der Waals surface area contributed by atoms with E-state index in [1.54, 1.807) is 4.90 Å². The average molecular weight is 267 g/mol. The van der Waals surface area contributed by atoms with E-state index < -0.39 is 0 Å². The minimum atomic E-state index is -0.277. The molecular formula is C13H21N3O3. The number of amides is 1. The Hall–Kier alpha value is -1.58. The number of nitrogens with zero attached hydrogens (tertiary/aromatic N) is 2. The van der Waals surface area contributed by atoms with Gasteiger partial charge < -0.3 is 20.1 Å². The van der Waals surface area contributed by atoms with Crippen molar-refractivity contribution >= 4 is 5.91 Å². The van der Waals surface area contributed by atoms with Crippen molar-refractivity contribution < 1.29 is 14.6 Å². The molecule has 106 valence electrons. The number of rotatable bonds is 5. The normalized spacial score (nSPS) is 23.9. The van der Waals surface area contributed by atoms with Crippen LogP contribution >= 0.6 is 0 Å². The summed E-state index contributed by atoms with van der Waals surface area (Å²) in [6.45, 7) is 5.42. The molecule has 0 bridgehead atoms. The maximum absolute atomic E-state index is 12.2. The zero-order valence-corrected chi connectivity index (χ0v) is 11.4. The molecule has 1 fully saturated rings. The predicted octanol–water partition coefficient (Wildman–Crippen LogP) is 0.00168. The first-order valence-electron chi connectivity index (χ1n) is 6.47. The van der Waals surface area contributed by atoms with Crippen molar-refractivity contribution in [3.63, 3.8) is 0 Å². The minimum Gasteiger partial charge on any atom is -0.396 e. The standard InChI is InChI=1S/C13H21N3O3/c1-10-8-16(9-11(2)19-10)13(18)12(6-14)7-15-4-3-5-17/h7,10-11,15,17H,3-5,8-9H2,1-2H3/b12-7-. The van der Waals surface area contributed by atoms with Crippen LogP contribution in [-0.2, 0) is 9.53 Å². The van der Waals surface area contributed by atoms with E-state index in [4.69, 9.17) is 15.1 Å². The summed E-state index contributed by atoms with van der Waals surface area (Å²) in [7, 11) is 0. The fraction of sp³-hybridized carbons (Fsp3) is 0.692. The van der Waals surface area contributed by atoms with Crippen molar-refractivity contribution in [1.29, 1.82) is 5.26 Å². The van der Waals surface area contributed by atoms with Gasteiger partial charge in [-0.05, 0) is 20.3 Å². The SMILES string of the molecule is CC1CN(C(=O)/C(C#N)=C\NCCCO)CC(C)O1. The Morgan fingerprint density at radius 2 is 2.16 bits per heavy atom. The molecule has 1 aliphatic rings. The third kappa shape index (κ3) is 4.89. The van der Waals surface area contributed by atoms with Crippen molar-refractivity contribution in [3.8, 4) is 6.07 Å².